The van der Waals surface area contributed by atoms with E-state index in [0.717, 1.165) is 17.1 Å². The van der Waals surface area contributed by atoms with Gasteiger partial charge in [0.25, 0.3) is 0 Å². The van der Waals surface area contributed by atoms with Crippen LogP contribution in [0.4, 0.5) is 17.1 Å². The van der Waals surface area contributed by atoms with Gasteiger partial charge in [-0.2, -0.15) is 0 Å². The minimum absolute atomic E-state index is 0.236. The Kier molecular flexibility index (Phi) is 7.13. The van der Waals surface area contributed by atoms with Crippen LogP contribution in [0.1, 0.15) is 47.2 Å². The van der Waals surface area contributed by atoms with Gasteiger partial charge in [-0.25, -0.2) is 0 Å². The molecule has 0 radical (unpaired) electrons. The molecule has 0 fully saturated rings. The van der Waals surface area contributed by atoms with Gasteiger partial charge in [-0.15, -0.1) is 0 Å². The maximum Gasteiger partial charge on any atom is 0.0713 e. The number of hydrogen-bond donors (Lipinski definition) is 0. The summed E-state index contributed by atoms with van der Waals surface area (Å²) >= 11 is 0. The van der Waals surface area contributed by atoms with Gasteiger partial charge in [-0.05, 0) is 103 Å². The summed E-state index contributed by atoms with van der Waals surface area (Å²) < 4.78 is 0. The Bertz CT molecular complexity index is 2530. The number of para-hydroxylation sites is 2. The Balaban J connectivity index is 1.33. The van der Waals surface area contributed by atoms with E-state index in [1.54, 1.807) is 0 Å². The number of anilines is 3. The lowest BCUT2D eigenvalue weighted by Crippen LogP contribution is -2.29. The molecule has 1 nitrogen and oxygen atoms in total. The van der Waals surface area contributed by atoms with Crippen LogP contribution in [-0.4, -0.2) is 0 Å². The summed E-state index contributed by atoms with van der Waals surface area (Å²) in [5.74, 6) is 0. The molecule has 0 saturated carbocycles. The van der Waals surface area contributed by atoms with E-state index < -0.39 is 5.41 Å². The van der Waals surface area contributed by atoms with Crippen molar-refractivity contribution in [3.63, 3.8) is 0 Å². The highest BCUT2D eigenvalue weighted by molar-refractivity contribution is 6.06. The predicted molar refractivity (Wildman–Crippen MR) is 221 cm³/mol. The van der Waals surface area contributed by atoms with Crippen LogP contribution in [0.25, 0.3) is 33.4 Å². The van der Waals surface area contributed by atoms with Crippen molar-refractivity contribution in [1.82, 2.24) is 0 Å². The molecule has 8 aromatic carbocycles. The summed E-state index contributed by atoms with van der Waals surface area (Å²) in [6.45, 7) is 4.83. The molecule has 10 rings (SSSR count). The third kappa shape index (κ3) is 4.57. The smallest absolute Gasteiger partial charge is 0.0713 e. The van der Waals surface area contributed by atoms with Crippen LogP contribution in [0.2, 0.25) is 0 Å². The zero-order valence-corrected chi connectivity index (χ0v) is 30.0. The van der Waals surface area contributed by atoms with Crippen LogP contribution in [0.15, 0.2) is 200 Å². The van der Waals surface area contributed by atoms with Gasteiger partial charge in [0.1, 0.15) is 0 Å². The van der Waals surface area contributed by atoms with Crippen molar-refractivity contribution in [3.8, 4) is 33.4 Å². The molecule has 53 heavy (non-hydrogen) atoms. The maximum atomic E-state index is 2.59. The van der Waals surface area contributed by atoms with Crippen LogP contribution >= 0.6 is 0 Å². The van der Waals surface area contributed by atoms with Gasteiger partial charge in [0.2, 0.25) is 0 Å². The van der Waals surface area contributed by atoms with Gasteiger partial charge in [-0.1, -0.05) is 178 Å². The highest BCUT2D eigenvalue weighted by Crippen LogP contribution is 2.64. The van der Waals surface area contributed by atoms with Crippen LogP contribution in [-0.2, 0) is 10.8 Å². The molecule has 8 aromatic rings. The quantitative estimate of drug-likeness (QED) is 0.169. The van der Waals surface area contributed by atoms with Crippen molar-refractivity contribution in [2.24, 2.45) is 0 Å². The summed E-state index contributed by atoms with van der Waals surface area (Å²) in [6, 6.07) is 73.8. The molecule has 0 amide bonds. The first kappa shape index (κ1) is 31.3. The molecule has 0 aliphatic heterocycles. The van der Waals surface area contributed by atoms with Gasteiger partial charge in [0.05, 0.1) is 5.41 Å². The average Bonchev–Trinajstić information content (AvgIpc) is 3.64. The summed E-state index contributed by atoms with van der Waals surface area (Å²) in [4.78, 5) is 2.38. The lowest BCUT2D eigenvalue weighted by Gasteiger charge is -2.35. The zero-order valence-electron chi connectivity index (χ0n) is 30.0. The number of rotatable bonds is 6. The minimum atomic E-state index is -0.486. The average molecular weight is 678 g/mol. The van der Waals surface area contributed by atoms with Gasteiger partial charge in [-0.3, -0.25) is 0 Å². The highest BCUT2D eigenvalue weighted by Gasteiger charge is 2.50. The van der Waals surface area contributed by atoms with E-state index in [-0.39, 0.29) is 5.41 Å². The number of nitrogens with zero attached hydrogens (tertiary/aromatic N) is 1. The fourth-order valence-corrected chi connectivity index (χ4v) is 9.43. The Hall–Kier alpha value is -6.44. The monoisotopic (exact) mass is 677 g/mol. The normalized spacial score (nSPS) is 14.2. The van der Waals surface area contributed by atoms with Crippen molar-refractivity contribution in [3.05, 3.63) is 234 Å². The van der Waals surface area contributed by atoms with Crippen molar-refractivity contribution in [2.45, 2.75) is 24.7 Å². The second kappa shape index (κ2) is 12.1. The fraction of sp³-hybridized carbons (Fsp3) is 0.0769. The Morgan fingerprint density at radius 2 is 0.830 bits per heavy atom. The van der Waals surface area contributed by atoms with Crippen LogP contribution in [0.5, 0.6) is 0 Å². The number of benzene rings is 8. The second-order valence-corrected chi connectivity index (χ2v) is 14.9. The molecule has 2 aliphatic rings. The SMILES string of the molecule is CC1(C)c2ccc(N(c3ccccc3)c3ccccc3)cc2-c2c1cc1c(c2-c2ccccc2)-c2ccccc2C1(c1ccccc1)c1ccccc1. The van der Waals surface area contributed by atoms with Gasteiger partial charge < -0.3 is 4.90 Å². The van der Waals surface area contributed by atoms with E-state index in [9.17, 15) is 0 Å². The largest absolute Gasteiger partial charge is 0.310 e. The highest BCUT2D eigenvalue weighted by atomic mass is 15.1. The first-order valence-electron chi connectivity index (χ1n) is 18.6. The lowest BCUT2D eigenvalue weighted by atomic mass is 9.66. The molecule has 0 bridgehead atoms. The summed E-state index contributed by atoms with van der Waals surface area (Å²) in [5, 5.41) is 0. The molecule has 0 heterocycles. The second-order valence-electron chi connectivity index (χ2n) is 14.9. The van der Waals surface area contributed by atoms with E-state index in [2.05, 4.69) is 219 Å². The van der Waals surface area contributed by atoms with E-state index >= 15 is 0 Å². The number of fused-ring (bicyclic) bond motifs is 6. The fourth-order valence-electron chi connectivity index (χ4n) is 9.43. The Morgan fingerprint density at radius 3 is 1.42 bits per heavy atom. The molecule has 1 heteroatoms. The minimum Gasteiger partial charge on any atom is -0.310 e. The lowest BCUT2D eigenvalue weighted by molar-refractivity contribution is 0.656. The zero-order chi connectivity index (χ0) is 35.6. The molecule has 0 saturated heterocycles. The molecule has 0 aromatic heterocycles. The van der Waals surface area contributed by atoms with Crippen molar-refractivity contribution in [2.75, 3.05) is 4.90 Å². The Morgan fingerprint density at radius 1 is 0.340 bits per heavy atom. The maximum absolute atomic E-state index is 2.59. The van der Waals surface area contributed by atoms with E-state index in [0.29, 0.717) is 0 Å². The molecular formula is C52H39N. The van der Waals surface area contributed by atoms with Crippen molar-refractivity contribution in [1.29, 1.82) is 0 Å². The van der Waals surface area contributed by atoms with Gasteiger partial charge >= 0.3 is 0 Å². The standard InChI is InChI=1S/C52H39N/c1-51(2)44-33-32-41(53(39-26-14-6-15-27-39)40-28-16-7-17-29-40)34-43(44)50-46(51)35-47-49(48(50)36-20-8-3-9-21-36)42-30-18-19-31-45(42)52(47,37-22-10-4-11-23-37)38-24-12-5-13-25-38/h3-35H,1-2H3. The third-order valence-corrected chi connectivity index (χ3v) is 11.7. The first-order valence-corrected chi connectivity index (χ1v) is 18.6. The Labute approximate surface area is 312 Å². The van der Waals surface area contributed by atoms with Gasteiger partial charge in [0, 0.05) is 22.5 Å². The van der Waals surface area contributed by atoms with Crippen LogP contribution in [0.3, 0.4) is 0 Å². The summed E-state index contributed by atoms with van der Waals surface area (Å²) in [7, 11) is 0. The molecule has 0 spiro atoms. The van der Waals surface area contributed by atoms with Crippen molar-refractivity contribution >= 4 is 17.1 Å². The summed E-state index contributed by atoms with van der Waals surface area (Å²) in [6.07, 6.45) is 0. The topological polar surface area (TPSA) is 3.24 Å². The van der Waals surface area contributed by atoms with Gasteiger partial charge in [0.15, 0.2) is 0 Å². The molecule has 0 N–H and O–H groups in total. The van der Waals surface area contributed by atoms with Crippen molar-refractivity contribution < 1.29 is 0 Å². The van der Waals surface area contributed by atoms with E-state index in [1.807, 2.05) is 0 Å². The van der Waals surface area contributed by atoms with Crippen LogP contribution in [0, 0.1) is 0 Å². The number of hydrogen-bond acceptors (Lipinski definition) is 1. The predicted octanol–water partition coefficient (Wildman–Crippen LogP) is 13.5. The molecule has 252 valence electrons. The summed E-state index contributed by atoms with van der Waals surface area (Å²) in [5.41, 5.74) is 18.5. The molecular weight excluding hydrogens is 639 g/mol. The van der Waals surface area contributed by atoms with Crippen LogP contribution < -0.4 is 4.90 Å². The molecule has 2 aliphatic carbocycles. The first-order chi connectivity index (χ1) is 26.1. The van der Waals surface area contributed by atoms with E-state index in [4.69, 9.17) is 0 Å². The molecule has 0 atom stereocenters. The molecule has 0 unspecified atom stereocenters. The van der Waals surface area contributed by atoms with E-state index in [1.165, 1.54) is 66.8 Å². The third-order valence-electron chi connectivity index (χ3n) is 11.7.